The fourth-order valence-electron chi connectivity index (χ4n) is 4.23. The molecule has 0 radical (unpaired) electrons. The third kappa shape index (κ3) is 5.86. The van der Waals surface area contributed by atoms with Gasteiger partial charge in [0, 0.05) is 58.9 Å². The van der Waals surface area contributed by atoms with E-state index in [1.54, 1.807) is 0 Å². The first-order valence-corrected chi connectivity index (χ1v) is 10.9. The first kappa shape index (κ1) is 22.8. The largest absolute Gasteiger partial charge is 0.490 e. The van der Waals surface area contributed by atoms with Crippen molar-refractivity contribution in [3.63, 3.8) is 0 Å². The smallest absolute Gasteiger partial charge is 0.193 e. The van der Waals surface area contributed by atoms with Gasteiger partial charge in [-0.15, -0.1) is 34.2 Å². The number of nitrogens with zero attached hydrogens (tertiary/aromatic N) is 5. The first-order chi connectivity index (χ1) is 14.3. The number of para-hydroxylation sites is 1. The number of hydrogen-bond acceptors (Lipinski definition) is 4. The second-order valence-electron chi connectivity index (χ2n) is 7.84. The van der Waals surface area contributed by atoms with Gasteiger partial charge in [0.15, 0.2) is 5.96 Å². The van der Waals surface area contributed by atoms with Crippen LogP contribution in [0.2, 0.25) is 0 Å². The van der Waals surface area contributed by atoms with Crippen LogP contribution in [0.4, 0.5) is 0 Å². The number of ether oxygens (including phenoxy) is 1. The van der Waals surface area contributed by atoms with Gasteiger partial charge < -0.3 is 19.5 Å². The minimum atomic E-state index is 0. The van der Waals surface area contributed by atoms with Crippen molar-refractivity contribution in [1.29, 1.82) is 0 Å². The minimum absolute atomic E-state index is 0. The van der Waals surface area contributed by atoms with E-state index >= 15 is 0 Å². The summed E-state index contributed by atoms with van der Waals surface area (Å²) in [6.45, 7) is 3.79. The van der Waals surface area contributed by atoms with E-state index in [9.17, 15) is 0 Å². The number of guanidine groups is 1. The summed E-state index contributed by atoms with van der Waals surface area (Å²) in [5.41, 5.74) is 0. The molecule has 0 saturated carbocycles. The van der Waals surface area contributed by atoms with E-state index in [1.807, 2.05) is 37.4 Å². The summed E-state index contributed by atoms with van der Waals surface area (Å²) in [5.74, 6) is 4.18. The van der Waals surface area contributed by atoms with Gasteiger partial charge in [0.25, 0.3) is 0 Å². The normalized spacial score (nSPS) is 17.6. The van der Waals surface area contributed by atoms with Crippen molar-refractivity contribution in [2.45, 2.75) is 57.6 Å². The number of aliphatic imine (C=N–C) groups is 1. The maximum absolute atomic E-state index is 6.11. The van der Waals surface area contributed by atoms with Crippen molar-refractivity contribution in [2.75, 3.05) is 26.7 Å². The highest BCUT2D eigenvalue weighted by atomic mass is 127. The van der Waals surface area contributed by atoms with Crippen molar-refractivity contribution in [3.8, 4) is 5.75 Å². The van der Waals surface area contributed by atoms with Gasteiger partial charge in [-0.25, -0.2) is 0 Å². The lowest BCUT2D eigenvalue weighted by molar-refractivity contribution is 0.129. The molecule has 1 saturated heterocycles. The molecule has 0 bridgehead atoms. The lowest BCUT2D eigenvalue weighted by atomic mass is 10.1. The molecule has 3 heterocycles. The molecule has 0 spiro atoms. The summed E-state index contributed by atoms with van der Waals surface area (Å²) in [4.78, 5) is 6.82. The topological polar surface area (TPSA) is 67.6 Å². The van der Waals surface area contributed by atoms with Crippen molar-refractivity contribution in [1.82, 2.24) is 25.0 Å². The highest BCUT2D eigenvalue weighted by Gasteiger charge is 2.23. The predicted molar refractivity (Wildman–Crippen MR) is 130 cm³/mol. The summed E-state index contributed by atoms with van der Waals surface area (Å²) in [5, 5.41) is 12.3. The van der Waals surface area contributed by atoms with Crippen LogP contribution < -0.4 is 10.1 Å². The summed E-state index contributed by atoms with van der Waals surface area (Å²) in [6, 6.07) is 10.1. The van der Waals surface area contributed by atoms with Gasteiger partial charge in [0.1, 0.15) is 23.5 Å². The van der Waals surface area contributed by atoms with Crippen LogP contribution in [-0.4, -0.2) is 58.4 Å². The van der Waals surface area contributed by atoms with Crippen LogP contribution in [0, 0.1) is 0 Å². The minimum Gasteiger partial charge on any atom is -0.490 e. The third-order valence-electron chi connectivity index (χ3n) is 5.82. The van der Waals surface area contributed by atoms with Gasteiger partial charge in [-0.05, 0) is 25.0 Å². The van der Waals surface area contributed by atoms with Gasteiger partial charge in [0.05, 0.1) is 0 Å². The summed E-state index contributed by atoms with van der Waals surface area (Å²) >= 11 is 0. The number of rotatable bonds is 5. The molecule has 7 nitrogen and oxygen atoms in total. The molecule has 2 aliphatic rings. The van der Waals surface area contributed by atoms with Gasteiger partial charge >= 0.3 is 0 Å². The average Bonchev–Trinajstić information content (AvgIpc) is 2.99. The van der Waals surface area contributed by atoms with E-state index in [2.05, 4.69) is 30.0 Å². The van der Waals surface area contributed by atoms with Crippen LogP contribution >= 0.6 is 24.0 Å². The summed E-state index contributed by atoms with van der Waals surface area (Å²) in [7, 11) is 1.86. The molecule has 0 atom stereocenters. The van der Waals surface area contributed by atoms with Gasteiger partial charge in [-0.1, -0.05) is 24.6 Å². The number of aromatic nitrogens is 3. The number of halogens is 1. The Morgan fingerprint density at radius 3 is 2.67 bits per heavy atom. The van der Waals surface area contributed by atoms with Gasteiger partial charge in [0.2, 0.25) is 0 Å². The Morgan fingerprint density at radius 1 is 1.10 bits per heavy atom. The van der Waals surface area contributed by atoms with Crippen LogP contribution in [-0.2, 0) is 19.4 Å². The zero-order valence-electron chi connectivity index (χ0n) is 17.8. The summed E-state index contributed by atoms with van der Waals surface area (Å²) < 4.78 is 8.43. The summed E-state index contributed by atoms with van der Waals surface area (Å²) in [6.07, 6.45) is 7.97. The van der Waals surface area contributed by atoms with Crippen LogP contribution in [0.3, 0.4) is 0 Å². The number of piperidine rings is 1. The molecular formula is C22H33IN6O. The van der Waals surface area contributed by atoms with Crippen molar-refractivity contribution in [3.05, 3.63) is 42.0 Å². The van der Waals surface area contributed by atoms with Gasteiger partial charge in [-0.3, -0.25) is 4.99 Å². The van der Waals surface area contributed by atoms with Crippen molar-refractivity contribution in [2.24, 2.45) is 4.99 Å². The molecule has 1 aromatic heterocycles. The predicted octanol–water partition coefficient (Wildman–Crippen LogP) is 3.28. The van der Waals surface area contributed by atoms with Crippen molar-refractivity contribution >= 4 is 29.9 Å². The number of likely N-dealkylation sites (tertiary alicyclic amines) is 1. The van der Waals surface area contributed by atoms with E-state index in [0.717, 1.165) is 75.2 Å². The highest BCUT2D eigenvalue weighted by molar-refractivity contribution is 14.0. The Kier molecular flexibility index (Phi) is 8.77. The molecule has 2 aromatic rings. The van der Waals surface area contributed by atoms with E-state index in [-0.39, 0.29) is 30.1 Å². The lowest BCUT2D eigenvalue weighted by Crippen LogP contribution is -2.48. The highest BCUT2D eigenvalue weighted by Crippen LogP contribution is 2.19. The Hall–Kier alpha value is -1.84. The molecule has 2 aliphatic heterocycles. The first-order valence-electron chi connectivity index (χ1n) is 10.9. The second kappa shape index (κ2) is 11.5. The Labute approximate surface area is 196 Å². The standard InChI is InChI=1S/C22H32N6O.HI/c1-23-22(24-14-11-21-26-25-20-10-6-3-7-15-28(20)21)27-16-12-19(13-17-27)29-18-8-4-2-5-9-18;/h2,4-5,8-9,19H,3,6-7,10-17H2,1H3,(H,23,24);1H. The molecule has 0 unspecified atom stereocenters. The Morgan fingerprint density at radius 2 is 1.90 bits per heavy atom. The zero-order valence-corrected chi connectivity index (χ0v) is 20.1. The quantitative estimate of drug-likeness (QED) is 0.370. The molecule has 1 aromatic carbocycles. The van der Waals surface area contributed by atoms with E-state index < -0.39 is 0 Å². The SMILES string of the molecule is CN=C(NCCc1nnc2n1CCCCC2)N1CCC(Oc2ccccc2)CC1.I. The fraction of sp³-hybridized carbons (Fsp3) is 0.591. The molecule has 1 fully saturated rings. The van der Waals surface area contributed by atoms with Gasteiger partial charge in [-0.2, -0.15) is 0 Å². The van der Waals surface area contributed by atoms with Crippen LogP contribution in [0.25, 0.3) is 0 Å². The lowest BCUT2D eigenvalue weighted by Gasteiger charge is -2.34. The molecule has 0 aliphatic carbocycles. The van der Waals surface area contributed by atoms with Crippen LogP contribution in [0.15, 0.2) is 35.3 Å². The molecular weight excluding hydrogens is 491 g/mol. The zero-order chi connectivity index (χ0) is 19.9. The second-order valence-corrected chi connectivity index (χ2v) is 7.84. The Balaban J connectivity index is 0.00000256. The molecule has 4 rings (SSSR count). The van der Waals surface area contributed by atoms with Crippen LogP contribution in [0.1, 0.15) is 43.8 Å². The number of aryl methyl sites for hydroxylation is 1. The maximum atomic E-state index is 6.11. The molecule has 164 valence electrons. The molecule has 0 amide bonds. The van der Waals surface area contributed by atoms with E-state index in [1.165, 1.54) is 19.3 Å². The number of hydrogen-bond donors (Lipinski definition) is 1. The van der Waals surface area contributed by atoms with Crippen LogP contribution in [0.5, 0.6) is 5.75 Å². The average molecular weight is 524 g/mol. The maximum Gasteiger partial charge on any atom is 0.193 e. The molecule has 8 heteroatoms. The van der Waals surface area contributed by atoms with Crippen molar-refractivity contribution < 1.29 is 4.74 Å². The van der Waals surface area contributed by atoms with E-state index in [4.69, 9.17) is 4.74 Å². The number of fused-ring (bicyclic) bond motifs is 1. The van der Waals surface area contributed by atoms with E-state index in [0.29, 0.717) is 0 Å². The molecule has 1 N–H and O–H groups in total. The monoisotopic (exact) mass is 524 g/mol. The number of benzene rings is 1. The Bertz CT molecular complexity index is 801. The number of nitrogens with one attached hydrogen (secondary N) is 1. The molecule has 30 heavy (non-hydrogen) atoms. The fourth-order valence-corrected chi connectivity index (χ4v) is 4.23. The third-order valence-corrected chi connectivity index (χ3v) is 5.82.